The first-order valence-corrected chi connectivity index (χ1v) is 19.9. The number of aryl methyl sites for hydroxylation is 2. The molecule has 14 heteroatoms. The van der Waals surface area contributed by atoms with Gasteiger partial charge in [0.1, 0.15) is 23.9 Å². The maximum absolute atomic E-state index is 15.1. The van der Waals surface area contributed by atoms with Gasteiger partial charge in [-0.25, -0.2) is 9.69 Å². The highest BCUT2D eigenvalue weighted by Crippen LogP contribution is 2.64. The van der Waals surface area contributed by atoms with E-state index >= 15 is 4.79 Å². The molecule has 4 amide bonds. The molecule has 0 bridgehead atoms. The molecule has 6 unspecified atom stereocenters. The first kappa shape index (κ1) is 37.0. The molecule has 3 fully saturated rings. The van der Waals surface area contributed by atoms with Crippen LogP contribution in [0.4, 0.5) is 11.5 Å². The first-order valence-electron chi connectivity index (χ1n) is 18.7. The number of carbonyl (C=O) groups excluding carboxylic acids is 4. The number of carboxylic acids is 1. The van der Waals surface area contributed by atoms with Crippen molar-refractivity contribution < 1.29 is 38.9 Å². The van der Waals surface area contributed by atoms with E-state index in [-0.39, 0.29) is 43.2 Å². The van der Waals surface area contributed by atoms with Crippen LogP contribution >= 0.6 is 22.9 Å². The van der Waals surface area contributed by atoms with Crippen molar-refractivity contribution in [3.63, 3.8) is 0 Å². The van der Waals surface area contributed by atoms with Crippen molar-refractivity contribution in [3.8, 4) is 16.3 Å². The van der Waals surface area contributed by atoms with E-state index in [0.29, 0.717) is 22.3 Å². The number of fused-ring (bicyclic) bond motifs is 5. The molecule has 57 heavy (non-hydrogen) atoms. The molecule has 12 nitrogen and oxygen atoms in total. The number of amides is 4. The van der Waals surface area contributed by atoms with E-state index in [1.807, 2.05) is 50.3 Å². The summed E-state index contributed by atoms with van der Waals surface area (Å²) >= 11 is 7.87. The summed E-state index contributed by atoms with van der Waals surface area (Å²) in [5, 5.41) is 25.4. The van der Waals surface area contributed by atoms with Crippen LogP contribution < -0.4 is 14.5 Å². The summed E-state index contributed by atoms with van der Waals surface area (Å²) < 4.78 is 8.22. The van der Waals surface area contributed by atoms with Crippen molar-refractivity contribution in [3.05, 3.63) is 106 Å². The quantitative estimate of drug-likeness (QED) is 0.128. The highest BCUT2D eigenvalue weighted by atomic mass is 35.5. The molecule has 9 rings (SSSR count). The summed E-state index contributed by atoms with van der Waals surface area (Å²) in [5.74, 6) is -5.63. The minimum Gasteiger partial charge on any atom is -0.491 e. The van der Waals surface area contributed by atoms with Crippen molar-refractivity contribution in [1.82, 2.24) is 9.78 Å². The number of benzene rings is 3. The Morgan fingerprint density at radius 1 is 0.982 bits per heavy atom. The van der Waals surface area contributed by atoms with Crippen LogP contribution in [0, 0.1) is 36.0 Å². The van der Waals surface area contributed by atoms with Gasteiger partial charge in [-0.15, -0.1) is 11.3 Å². The lowest BCUT2D eigenvalue weighted by Gasteiger charge is -2.49. The van der Waals surface area contributed by atoms with Gasteiger partial charge in [0, 0.05) is 28.8 Å². The molecular formula is C43H37ClN4O8S. The molecule has 290 valence electrons. The minimum absolute atomic E-state index is 0.0536. The Hall–Kier alpha value is -5.63. The number of hydrogen-bond donors (Lipinski definition) is 2. The van der Waals surface area contributed by atoms with E-state index in [1.54, 1.807) is 47.3 Å². The van der Waals surface area contributed by atoms with E-state index in [0.717, 1.165) is 36.6 Å². The largest absolute Gasteiger partial charge is 0.491 e. The second kappa shape index (κ2) is 13.5. The fourth-order valence-corrected chi connectivity index (χ4v) is 11.1. The van der Waals surface area contributed by atoms with Gasteiger partial charge in [-0.05, 0) is 97.7 Å². The Morgan fingerprint density at radius 2 is 1.75 bits per heavy atom. The molecule has 5 aromatic rings. The molecule has 2 aliphatic carbocycles. The van der Waals surface area contributed by atoms with Crippen LogP contribution in [0.2, 0.25) is 5.02 Å². The lowest BCUT2D eigenvalue weighted by molar-refractivity contribution is -0.131. The Labute approximate surface area is 335 Å². The zero-order valence-electron chi connectivity index (χ0n) is 31.1. The van der Waals surface area contributed by atoms with Gasteiger partial charge in [0.05, 0.1) is 45.9 Å². The number of ether oxygens (including phenoxy) is 1. The number of imide groups is 2. The number of thiophene rings is 1. The predicted molar refractivity (Wildman–Crippen MR) is 213 cm³/mol. The monoisotopic (exact) mass is 804 g/mol. The Bertz CT molecular complexity index is 2600. The van der Waals surface area contributed by atoms with Crippen LogP contribution in [0.25, 0.3) is 20.7 Å². The van der Waals surface area contributed by atoms with E-state index < -0.39 is 58.7 Å². The summed E-state index contributed by atoms with van der Waals surface area (Å²) in [6.07, 6.45) is 2.36. The number of aliphatic hydroxyl groups excluding tert-OH is 1. The molecule has 4 aliphatic rings. The molecule has 6 atom stereocenters. The fourth-order valence-electron chi connectivity index (χ4n) is 9.78. The number of rotatable bonds is 8. The van der Waals surface area contributed by atoms with Crippen LogP contribution in [0.1, 0.15) is 47.2 Å². The molecular weight excluding hydrogens is 768 g/mol. The molecule has 2 aromatic heterocycles. The third-order valence-corrected chi connectivity index (χ3v) is 13.9. The number of aromatic nitrogens is 2. The van der Waals surface area contributed by atoms with Gasteiger partial charge < -0.3 is 14.9 Å². The summed E-state index contributed by atoms with van der Waals surface area (Å²) in [6.45, 7) is 3.76. The van der Waals surface area contributed by atoms with Gasteiger partial charge >= 0.3 is 5.97 Å². The number of carbonyl (C=O) groups is 5. The van der Waals surface area contributed by atoms with Gasteiger partial charge in [0.15, 0.2) is 0 Å². The molecule has 0 spiro atoms. The van der Waals surface area contributed by atoms with Crippen LogP contribution in [-0.4, -0.2) is 62.8 Å². The Morgan fingerprint density at radius 3 is 2.49 bits per heavy atom. The zero-order valence-corrected chi connectivity index (χ0v) is 32.7. The molecule has 3 aromatic carbocycles. The van der Waals surface area contributed by atoms with Crippen molar-refractivity contribution in [2.45, 2.75) is 32.6 Å². The van der Waals surface area contributed by atoms with Crippen molar-refractivity contribution in [2.24, 2.45) is 36.1 Å². The molecule has 0 radical (unpaired) electrons. The van der Waals surface area contributed by atoms with Crippen LogP contribution in [0.5, 0.6) is 5.75 Å². The zero-order chi connectivity index (χ0) is 40.1. The number of allylic oxidation sites excluding steroid dienone is 2. The lowest BCUT2D eigenvalue weighted by atomic mass is 9.51. The molecule has 2 N–H and O–H groups in total. The summed E-state index contributed by atoms with van der Waals surface area (Å²) in [4.78, 5) is 73.6. The van der Waals surface area contributed by atoms with Crippen LogP contribution in [-0.2, 0) is 26.2 Å². The second-order valence-corrected chi connectivity index (χ2v) is 16.9. The number of aromatic carboxylic acids is 1. The van der Waals surface area contributed by atoms with Gasteiger partial charge in [0.25, 0.3) is 0 Å². The number of hydrogen-bond acceptors (Lipinski definition) is 9. The van der Waals surface area contributed by atoms with Crippen molar-refractivity contribution in [1.29, 1.82) is 0 Å². The number of halogens is 1. The average Bonchev–Trinajstić information content (AvgIpc) is 3.87. The average molecular weight is 805 g/mol. The summed E-state index contributed by atoms with van der Waals surface area (Å²) in [5.41, 5.74) is 1.99. The van der Waals surface area contributed by atoms with Crippen molar-refractivity contribution >= 4 is 74.1 Å². The standard InChI is InChI=1S/C43H37ClN4O8S/c1-21-29-18-24(44)9-14-33(29)57-37(21)32-20-34(46(3)45-32)48-39(51)31-19-30-27(36(43(31,2)42(48)55)22-7-10-26(11-8-22)56-16-15-49)12-13-28-35(30)40(52)47(38(28)50)25-6-4-5-23(17-25)41(53)54/h4-12,14,17-18,20,28,30-31,35-36,49H,13,15-16,19H2,1-3H3,(H,53,54). The van der Waals surface area contributed by atoms with Gasteiger partial charge in [-0.3, -0.25) is 28.8 Å². The van der Waals surface area contributed by atoms with Gasteiger partial charge in [0.2, 0.25) is 23.6 Å². The molecule has 4 heterocycles. The van der Waals surface area contributed by atoms with Crippen molar-refractivity contribution in [2.75, 3.05) is 23.0 Å². The lowest BCUT2D eigenvalue weighted by Crippen LogP contribution is -2.48. The van der Waals surface area contributed by atoms with E-state index in [4.69, 9.17) is 21.4 Å². The Kier molecular flexibility index (Phi) is 8.76. The third kappa shape index (κ3) is 5.50. The first-order chi connectivity index (χ1) is 27.3. The van der Waals surface area contributed by atoms with Crippen LogP contribution in [0.15, 0.2) is 84.4 Å². The molecule has 2 aliphatic heterocycles. The number of aliphatic hydroxyl groups is 1. The van der Waals surface area contributed by atoms with Gasteiger partial charge in [-0.2, -0.15) is 5.10 Å². The van der Waals surface area contributed by atoms with Gasteiger partial charge in [-0.1, -0.05) is 41.4 Å². The SMILES string of the molecule is Cc1c(-c2cc(N3C(=O)C4CC5C(=CCC6C(=O)N(c7cccc(C(=O)O)c7)C(=O)C65)C(c5ccc(OCCO)cc5)C4(C)C3=O)n(C)n2)sc2ccc(Cl)cc12. The number of carboxylic acid groups (broad SMARTS) is 1. The second-order valence-electron chi connectivity index (χ2n) is 15.4. The number of nitrogens with zero attached hydrogens (tertiary/aromatic N) is 4. The highest BCUT2D eigenvalue weighted by Gasteiger charge is 2.68. The topological polar surface area (TPSA) is 159 Å². The third-order valence-electron chi connectivity index (χ3n) is 12.4. The Balaban J connectivity index is 1.13. The smallest absolute Gasteiger partial charge is 0.335 e. The molecule has 1 saturated carbocycles. The maximum atomic E-state index is 15.1. The maximum Gasteiger partial charge on any atom is 0.335 e. The normalized spacial score (nSPS) is 25.5. The van der Waals surface area contributed by atoms with E-state index in [1.165, 1.54) is 23.1 Å². The summed E-state index contributed by atoms with van der Waals surface area (Å²) in [6, 6.07) is 20.4. The van der Waals surface area contributed by atoms with Crippen LogP contribution in [0.3, 0.4) is 0 Å². The van der Waals surface area contributed by atoms with E-state index in [9.17, 15) is 29.4 Å². The predicted octanol–water partition coefficient (Wildman–Crippen LogP) is 6.77. The number of anilines is 2. The highest BCUT2D eigenvalue weighted by molar-refractivity contribution is 7.22. The minimum atomic E-state index is -1.28. The molecule has 2 saturated heterocycles. The summed E-state index contributed by atoms with van der Waals surface area (Å²) in [7, 11) is 1.70. The van der Waals surface area contributed by atoms with E-state index in [2.05, 4.69) is 0 Å². The fraction of sp³-hybridized carbons (Fsp3) is 0.302.